The molecule has 0 aliphatic rings. The van der Waals surface area contributed by atoms with Crippen molar-refractivity contribution in [2.45, 2.75) is 23.9 Å². The largest absolute Gasteiger partial charge is 0.462 e. The number of aromatic nitrogens is 3. The first kappa shape index (κ1) is 24.2. The van der Waals surface area contributed by atoms with Crippen LogP contribution in [-0.4, -0.2) is 39.0 Å². The Morgan fingerprint density at radius 1 is 1.15 bits per heavy atom. The van der Waals surface area contributed by atoms with Crippen LogP contribution in [0.2, 0.25) is 0 Å². The van der Waals surface area contributed by atoms with Crippen molar-refractivity contribution in [2.24, 2.45) is 0 Å². The highest BCUT2D eigenvalue weighted by Gasteiger charge is 2.41. The molecule has 0 spiro atoms. The van der Waals surface area contributed by atoms with E-state index in [1.165, 1.54) is 49.5 Å². The van der Waals surface area contributed by atoms with Crippen LogP contribution in [-0.2, 0) is 10.9 Å². The summed E-state index contributed by atoms with van der Waals surface area (Å²) in [6.07, 6.45) is -2.87. The van der Waals surface area contributed by atoms with Gasteiger partial charge >= 0.3 is 12.1 Å². The van der Waals surface area contributed by atoms with E-state index in [2.05, 4.69) is 20.1 Å². The second-order valence-electron chi connectivity index (χ2n) is 6.27. The van der Waals surface area contributed by atoms with Crippen molar-refractivity contribution in [2.75, 3.05) is 11.9 Å². The lowest BCUT2D eigenvalue weighted by atomic mass is 10.2. The van der Waals surface area contributed by atoms with Gasteiger partial charge in [0.25, 0.3) is 11.7 Å². The molecule has 0 saturated carbocycles. The molecule has 174 valence electrons. The fraction of sp³-hybridized carbons (Fsp3) is 0.200. The summed E-state index contributed by atoms with van der Waals surface area (Å²) in [5.74, 6) is -4.66. The van der Waals surface area contributed by atoms with Crippen LogP contribution in [0.25, 0.3) is 5.69 Å². The Bertz CT molecular complexity index is 1150. The maximum atomic E-state index is 13.6. The topological polar surface area (TPSA) is 86.1 Å². The minimum absolute atomic E-state index is 0.0359. The highest BCUT2D eigenvalue weighted by molar-refractivity contribution is 7.99. The molecule has 13 heteroatoms. The van der Waals surface area contributed by atoms with E-state index in [9.17, 15) is 31.5 Å². The number of nitrogens with one attached hydrogen (secondary N) is 1. The van der Waals surface area contributed by atoms with E-state index in [0.717, 1.165) is 6.20 Å². The van der Waals surface area contributed by atoms with Crippen molar-refractivity contribution in [3.8, 4) is 5.69 Å². The standard InChI is InChI=1S/C20H15F5N4O3S/c1-2-32-18(31)14-10-27-29(15(14)20(23,24)25)12-7-5-11(6-8-12)28-16(30)13-4-3-9-26-17(13)33-19(21)22/h3-10,19H,2H2,1H3,(H,28,30). The smallest absolute Gasteiger partial charge is 0.434 e. The molecule has 33 heavy (non-hydrogen) atoms. The molecule has 0 saturated heterocycles. The number of halogens is 5. The van der Waals surface area contributed by atoms with Crippen molar-refractivity contribution >= 4 is 29.3 Å². The van der Waals surface area contributed by atoms with Gasteiger partial charge in [-0.3, -0.25) is 4.79 Å². The normalized spacial score (nSPS) is 11.5. The first-order valence-corrected chi connectivity index (χ1v) is 10.1. The molecule has 0 aliphatic heterocycles. The van der Waals surface area contributed by atoms with Gasteiger partial charge in [0.15, 0.2) is 5.69 Å². The van der Waals surface area contributed by atoms with Crippen molar-refractivity contribution in [1.82, 2.24) is 14.8 Å². The predicted molar refractivity (Wildman–Crippen MR) is 109 cm³/mol. The molecule has 0 atom stereocenters. The van der Waals surface area contributed by atoms with Crippen LogP contribution in [0, 0.1) is 0 Å². The summed E-state index contributed by atoms with van der Waals surface area (Å²) < 4.78 is 71.4. The number of hydrogen-bond donors (Lipinski definition) is 1. The zero-order valence-electron chi connectivity index (χ0n) is 16.8. The number of thioether (sulfide) groups is 1. The molecule has 1 amide bonds. The second-order valence-corrected chi connectivity index (χ2v) is 7.25. The van der Waals surface area contributed by atoms with E-state index in [1.807, 2.05) is 0 Å². The molecule has 0 bridgehead atoms. The first-order valence-electron chi connectivity index (χ1n) is 9.25. The monoisotopic (exact) mass is 486 g/mol. The molecule has 0 unspecified atom stereocenters. The van der Waals surface area contributed by atoms with Crippen LogP contribution in [0.1, 0.15) is 33.3 Å². The zero-order valence-corrected chi connectivity index (χ0v) is 17.6. The minimum atomic E-state index is -4.90. The Morgan fingerprint density at radius 2 is 1.85 bits per heavy atom. The number of benzene rings is 1. The van der Waals surface area contributed by atoms with Gasteiger partial charge in [0, 0.05) is 11.9 Å². The van der Waals surface area contributed by atoms with Crippen LogP contribution >= 0.6 is 11.8 Å². The Labute approximate surface area is 187 Å². The molecule has 0 fully saturated rings. The summed E-state index contributed by atoms with van der Waals surface area (Å²) in [7, 11) is 0. The van der Waals surface area contributed by atoms with Gasteiger partial charge in [0.2, 0.25) is 0 Å². The van der Waals surface area contributed by atoms with Crippen LogP contribution in [0.4, 0.5) is 27.6 Å². The number of alkyl halides is 5. The molecule has 1 aromatic carbocycles. The van der Waals surface area contributed by atoms with Gasteiger partial charge in [0.05, 0.1) is 24.1 Å². The summed E-state index contributed by atoms with van der Waals surface area (Å²) in [4.78, 5) is 28.1. The van der Waals surface area contributed by atoms with Crippen LogP contribution in [0.3, 0.4) is 0 Å². The molecular formula is C20H15F5N4O3S. The third-order valence-electron chi connectivity index (χ3n) is 4.12. The Kier molecular flexibility index (Phi) is 7.31. The molecule has 0 radical (unpaired) electrons. The van der Waals surface area contributed by atoms with E-state index in [-0.39, 0.29) is 40.3 Å². The first-order chi connectivity index (χ1) is 15.6. The molecular weight excluding hydrogens is 471 g/mol. The number of anilines is 1. The van der Waals surface area contributed by atoms with Crippen LogP contribution < -0.4 is 5.32 Å². The highest BCUT2D eigenvalue weighted by atomic mass is 32.2. The van der Waals surface area contributed by atoms with Gasteiger partial charge in [-0.25, -0.2) is 14.5 Å². The number of esters is 1. The molecule has 3 rings (SSSR count). The average Bonchev–Trinajstić information content (AvgIpc) is 3.20. The number of rotatable bonds is 7. The third kappa shape index (κ3) is 5.66. The van der Waals surface area contributed by atoms with E-state index < -0.39 is 35.1 Å². The number of hydrogen-bond acceptors (Lipinski definition) is 6. The molecule has 2 heterocycles. The maximum absolute atomic E-state index is 13.6. The van der Waals surface area contributed by atoms with Crippen molar-refractivity contribution in [1.29, 1.82) is 0 Å². The van der Waals surface area contributed by atoms with Crippen molar-refractivity contribution in [3.63, 3.8) is 0 Å². The SMILES string of the molecule is CCOC(=O)c1cnn(-c2ccc(NC(=O)c3cccnc3SC(F)F)cc2)c1C(F)(F)F. The lowest BCUT2D eigenvalue weighted by Crippen LogP contribution is -2.18. The maximum Gasteiger partial charge on any atom is 0.434 e. The number of pyridine rings is 1. The van der Waals surface area contributed by atoms with E-state index >= 15 is 0 Å². The van der Waals surface area contributed by atoms with Gasteiger partial charge < -0.3 is 10.1 Å². The van der Waals surface area contributed by atoms with E-state index in [4.69, 9.17) is 0 Å². The van der Waals surface area contributed by atoms with Crippen LogP contribution in [0.15, 0.2) is 53.8 Å². The lowest BCUT2D eigenvalue weighted by molar-refractivity contribution is -0.143. The van der Waals surface area contributed by atoms with E-state index in [1.54, 1.807) is 0 Å². The zero-order chi connectivity index (χ0) is 24.2. The molecule has 0 aliphatic carbocycles. The molecule has 2 aromatic heterocycles. The molecule has 7 nitrogen and oxygen atoms in total. The lowest BCUT2D eigenvalue weighted by Gasteiger charge is -2.13. The van der Waals surface area contributed by atoms with Gasteiger partial charge in [-0.05, 0) is 55.1 Å². The van der Waals surface area contributed by atoms with E-state index in [0.29, 0.717) is 4.68 Å². The fourth-order valence-corrected chi connectivity index (χ4v) is 3.38. The average molecular weight is 486 g/mol. The minimum Gasteiger partial charge on any atom is -0.462 e. The van der Waals surface area contributed by atoms with Gasteiger partial charge in [0.1, 0.15) is 10.6 Å². The van der Waals surface area contributed by atoms with Gasteiger partial charge in [-0.15, -0.1) is 0 Å². The Morgan fingerprint density at radius 3 is 2.45 bits per heavy atom. The number of amides is 1. The summed E-state index contributed by atoms with van der Waals surface area (Å²) in [5, 5.41) is 5.97. The fourth-order valence-electron chi connectivity index (χ4n) is 2.80. The summed E-state index contributed by atoms with van der Waals surface area (Å²) in [6, 6.07) is 7.81. The predicted octanol–water partition coefficient (Wildman–Crippen LogP) is 5.03. The Balaban J connectivity index is 1.86. The molecule has 3 aromatic rings. The van der Waals surface area contributed by atoms with Gasteiger partial charge in [-0.1, -0.05) is 0 Å². The van der Waals surface area contributed by atoms with Crippen LogP contribution in [0.5, 0.6) is 0 Å². The number of ether oxygens (including phenoxy) is 1. The van der Waals surface area contributed by atoms with Gasteiger partial charge in [-0.2, -0.15) is 27.1 Å². The number of carbonyl (C=O) groups excluding carboxylic acids is 2. The Hall–Kier alpha value is -3.48. The second kappa shape index (κ2) is 9.98. The molecule has 1 N–H and O–H groups in total. The van der Waals surface area contributed by atoms with Crippen molar-refractivity contribution < 1.29 is 36.3 Å². The highest BCUT2D eigenvalue weighted by Crippen LogP contribution is 2.34. The summed E-state index contributed by atoms with van der Waals surface area (Å²) >= 11 is 0.114. The number of nitrogens with zero attached hydrogens (tertiary/aromatic N) is 3. The van der Waals surface area contributed by atoms with Crippen molar-refractivity contribution in [3.05, 3.63) is 65.6 Å². The summed E-state index contributed by atoms with van der Waals surface area (Å²) in [6.45, 7) is 1.35. The third-order valence-corrected chi connectivity index (χ3v) is 4.85. The number of carbonyl (C=O) groups is 2. The quantitative estimate of drug-likeness (QED) is 0.287. The summed E-state index contributed by atoms with van der Waals surface area (Å²) in [5.41, 5.74) is -1.97.